The number of nitrogens with zero attached hydrogens (tertiary/aromatic N) is 2. The summed E-state index contributed by atoms with van der Waals surface area (Å²) >= 11 is 7.49. The van der Waals surface area contributed by atoms with E-state index in [2.05, 4.69) is 5.32 Å². The number of amides is 2. The number of nitro benzene ring substituents is 1. The number of non-ortho nitro benzene ring substituents is 1. The first-order chi connectivity index (χ1) is 15.3. The van der Waals surface area contributed by atoms with Crippen LogP contribution in [0.4, 0.5) is 5.69 Å². The van der Waals surface area contributed by atoms with E-state index in [9.17, 15) is 19.7 Å². The number of nitro groups is 1. The summed E-state index contributed by atoms with van der Waals surface area (Å²) in [5, 5.41) is 14.2. The molecular formula is C23H28ClN3O4S. The molecule has 32 heavy (non-hydrogen) atoms. The Morgan fingerprint density at radius 3 is 2.53 bits per heavy atom. The fourth-order valence-corrected chi connectivity index (χ4v) is 4.09. The zero-order valence-electron chi connectivity index (χ0n) is 18.3. The second-order valence-corrected chi connectivity index (χ2v) is 8.81. The van der Waals surface area contributed by atoms with E-state index in [0.717, 1.165) is 24.0 Å². The van der Waals surface area contributed by atoms with Crippen molar-refractivity contribution in [3.05, 3.63) is 74.8 Å². The van der Waals surface area contributed by atoms with Gasteiger partial charge in [0.05, 0.1) is 10.7 Å². The van der Waals surface area contributed by atoms with Crippen LogP contribution in [0.5, 0.6) is 0 Å². The van der Waals surface area contributed by atoms with Crippen LogP contribution in [0.2, 0.25) is 5.02 Å². The van der Waals surface area contributed by atoms with Crippen LogP contribution in [-0.4, -0.2) is 40.0 Å². The van der Waals surface area contributed by atoms with Crippen LogP contribution in [0.25, 0.3) is 0 Å². The van der Waals surface area contributed by atoms with Crippen molar-refractivity contribution in [2.75, 3.05) is 12.3 Å². The molecule has 2 amide bonds. The summed E-state index contributed by atoms with van der Waals surface area (Å²) in [4.78, 5) is 37.5. The molecule has 1 atom stereocenters. The first-order valence-corrected chi connectivity index (χ1v) is 12.0. The van der Waals surface area contributed by atoms with Crippen LogP contribution in [-0.2, 0) is 21.9 Å². The second kappa shape index (κ2) is 13.1. The number of thioether (sulfide) groups is 1. The molecule has 0 aliphatic heterocycles. The molecule has 0 aliphatic rings. The Labute approximate surface area is 197 Å². The molecule has 0 bridgehead atoms. The van der Waals surface area contributed by atoms with E-state index in [0.29, 0.717) is 17.3 Å². The van der Waals surface area contributed by atoms with Gasteiger partial charge in [-0.15, -0.1) is 11.8 Å². The van der Waals surface area contributed by atoms with Crippen molar-refractivity contribution >= 4 is 40.9 Å². The van der Waals surface area contributed by atoms with Gasteiger partial charge in [-0.25, -0.2) is 0 Å². The average Bonchev–Trinajstić information content (AvgIpc) is 2.77. The molecule has 9 heteroatoms. The predicted molar refractivity (Wildman–Crippen MR) is 129 cm³/mol. The maximum Gasteiger partial charge on any atom is 0.269 e. The Kier molecular flexibility index (Phi) is 10.5. The highest BCUT2D eigenvalue weighted by Gasteiger charge is 2.26. The summed E-state index contributed by atoms with van der Waals surface area (Å²) in [7, 11) is 0. The highest BCUT2D eigenvalue weighted by Crippen LogP contribution is 2.19. The maximum absolute atomic E-state index is 13.0. The first kappa shape index (κ1) is 25.7. The number of hydrogen-bond donors (Lipinski definition) is 1. The number of nitrogens with one attached hydrogen (secondary N) is 1. The van der Waals surface area contributed by atoms with E-state index in [-0.39, 0.29) is 29.8 Å². The van der Waals surface area contributed by atoms with Gasteiger partial charge in [0.25, 0.3) is 5.69 Å². The summed E-state index contributed by atoms with van der Waals surface area (Å²) in [6.45, 7) is 4.63. The number of unbranched alkanes of at least 4 members (excludes halogenated alkanes) is 1. The van der Waals surface area contributed by atoms with Crippen molar-refractivity contribution in [2.24, 2.45) is 0 Å². The minimum absolute atomic E-state index is 0.0328. The van der Waals surface area contributed by atoms with E-state index in [1.54, 1.807) is 36.1 Å². The van der Waals surface area contributed by atoms with Gasteiger partial charge in [-0.1, -0.05) is 49.2 Å². The van der Waals surface area contributed by atoms with Gasteiger partial charge in [0, 0.05) is 36.0 Å². The lowest BCUT2D eigenvalue weighted by molar-refractivity contribution is -0.384. The van der Waals surface area contributed by atoms with Gasteiger partial charge >= 0.3 is 0 Å². The maximum atomic E-state index is 13.0. The molecule has 0 aromatic heterocycles. The summed E-state index contributed by atoms with van der Waals surface area (Å²) in [5.41, 5.74) is 1.77. The molecule has 0 saturated carbocycles. The molecule has 0 heterocycles. The van der Waals surface area contributed by atoms with Gasteiger partial charge in [-0.05, 0) is 36.6 Å². The molecule has 172 valence electrons. The lowest BCUT2D eigenvalue weighted by Crippen LogP contribution is -2.48. The van der Waals surface area contributed by atoms with Gasteiger partial charge in [0.15, 0.2) is 0 Å². The largest absolute Gasteiger partial charge is 0.354 e. The van der Waals surface area contributed by atoms with Crippen molar-refractivity contribution in [1.29, 1.82) is 0 Å². The quantitative estimate of drug-likeness (QED) is 0.269. The van der Waals surface area contributed by atoms with E-state index in [4.69, 9.17) is 11.6 Å². The fourth-order valence-electron chi connectivity index (χ4n) is 3.00. The van der Waals surface area contributed by atoms with Crippen LogP contribution in [0, 0.1) is 10.1 Å². The number of hydrogen-bond acceptors (Lipinski definition) is 5. The number of carbonyl (C=O) groups excluding carboxylic acids is 2. The number of benzene rings is 2. The Hall–Kier alpha value is -2.58. The molecule has 0 radical (unpaired) electrons. The van der Waals surface area contributed by atoms with Crippen LogP contribution in [0.15, 0.2) is 48.5 Å². The summed E-state index contributed by atoms with van der Waals surface area (Å²) in [6, 6.07) is 12.9. The Morgan fingerprint density at radius 2 is 1.91 bits per heavy atom. The topological polar surface area (TPSA) is 92.6 Å². The predicted octanol–water partition coefficient (Wildman–Crippen LogP) is 4.82. The van der Waals surface area contributed by atoms with Gasteiger partial charge < -0.3 is 10.2 Å². The third-order valence-corrected chi connectivity index (χ3v) is 6.10. The van der Waals surface area contributed by atoms with E-state index >= 15 is 0 Å². The number of carbonyl (C=O) groups is 2. The van der Waals surface area contributed by atoms with Crippen LogP contribution >= 0.6 is 23.4 Å². The van der Waals surface area contributed by atoms with E-state index < -0.39 is 11.0 Å². The van der Waals surface area contributed by atoms with Crippen molar-refractivity contribution in [3.8, 4) is 0 Å². The molecule has 0 saturated heterocycles. The van der Waals surface area contributed by atoms with Gasteiger partial charge in [0.2, 0.25) is 11.8 Å². The lowest BCUT2D eigenvalue weighted by Gasteiger charge is -2.29. The minimum atomic E-state index is -0.627. The summed E-state index contributed by atoms with van der Waals surface area (Å²) < 4.78 is 0. The third-order valence-electron chi connectivity index (χ3n) is 4.88. The van der Waals surface area contributed by atoms with Crippen molar-refractivity contribution in [2.45, 2.75) is 45.0 Å². The van der Waals surface area contributed by atoms with Gasteiger partial charge in [0.1, 0.15) is 6.04 Å². The standard InChI is InChI=1S/C23H28ClN3O4S/c1-3-4-12-25-23(29)17(2)26(14-19-6-5-7-20(24)13-19)22(28)16-32-15-18-8-10-21(11-9-18)27(30)31/h5-11,13,17H,3-4,12,14-16H2,1-2H3,(H,25,29). The Morgan fingerprint density at radius 1 is 1.19 bits per heavy atom. The smallest absolute Gasteiger partial charge is 0.269 e. The third kappa shape index (κ3) is 8.16. The van der Waals surface area contributed by atoms with E-state index in [1.807, 2.05) is 19.1 Å². The second-order valence-electron chi connectivity index (χ2n) is 7.39. The molecule has 0 aliphatic carbocycles. The van der Waals surface area contributed by atoms with Crippen molar-refractivity contribution in [3.63, 3.8) is 0 Å². The summed E-state index contributed by atoms with van der Waals surface area (Å²) in [5.74, 6) is 0.375. The molecule has 2 aromatic carbocycles. The normalized spacial score (nSPS) is 11.6. The zero-order valence-corrected chi connectivity index (χ0v) is 19.8. The molecule has 0 spiro atoms. The highest BCUT2D eigenvalue weighted by molar-refractivity contribution is 7.99. The molecule has 7 nitrogen and oxygen atoms in total. The minimum Gasteiger partial charge on any atom is -0.354 e. The Balaban J connectivity index is 2.03. The van der Waals surface area contributed by atoms with Gasteiger partial charge in [-0.2, -0.15) is 0 Å². The number of halogens is 1. The molecule has 1 N–H and O–H groups in total. The Bertz CT molecular complexity index is 924. The van der Waals surface area contributed by atoms with Crippen LogP contribution in [0.3, 0.4) is 0 Å². The van der Waals surface area contributed by atoms with Crippen LogP contribution in [0.1, 0.15) is 37.8 Å². The molecule has 2 rings (SSSR count). The average molecular weight is 478 g/mol. The monoisotopic (exact) mass is 477 g/mol. The highest BCUT2D eigenvalue weighted by atomic mass is 35.5. The van der Waals surface area contributed by atoms with Crippen molar-refractivity contribution in [1.82, 2.24) is 10.2 Å². The molecule has 2 aromatic rings. The lowest BCUT2D eigenvalue weighted by atomic mass is 10.1. The molecule has 1 unspecified atom stereocenters. The SMILES string of the molecule is CCCCNC(=O)C(C)N(Cc1cccc(Cl)c1)C(=O)CSCc1ccc([N+](=O)[O-])cc1. The first-order valence-electron chi connectivity index (χ1n) is 10.4. The van der Waals surface area contributed by atoms with Crippen LogP contribution < -0.4 is 5.32 Å². The molecular weight excluding hydrogens is 450 g/mol. The van der Waals surface area contributed by atoms with E-state index in [1.165, 1.54) is 23.9 Å². The van der Waals surface area contributed by atoms with Gasteiger partial charge in [-0.3, -0.25) is 19.7 Å². The fraction of sp³-hybridized carbons (Fsp3) is 0.391. The number of rotatable bonds is 12. The zero-order chi connectivity index (χ0) is 23.5. The van der Waals surface area contributed by atoms with Crippen molar-refractivity contribution < 1.29 is 14.5 Å². The summed E-state index contributed by atoms with van der Waals surface area (Å²) in [6.07, 6.45) is 1.85. The molecule has 0 fully saturated rings.